The molecule has 0 heterocycles. The van der Waals surface area contributed by atoms with Crippen LogP contribution in [0.2, 0.25) is 10.0 Å². The van der Waals surface area contributed by atoms with E-state index < -0.39 is 0 Å². The normalized spacial score (nSPS) is 9.36. The summed E-state index contributed by atoms with van der Waals surface area (Å²) in [4.78, 5) is 0. The van der Waals surface area contributed by atoms with Crippen LogP contribution >= 0.6 is 35.6 Å². The maximum absolute atomic E-state index is 5.79. The topological polar surface area (TPSA) is 35.2 Å². The zero-order chi connectivity index (χ0) is 9.68. The molecule has 0 aromatic heterocycles. The van der Waals surface area contributed by atoms with Crippen molar-refractivity contribution in [1.82, 2.24) is 0 Å². The smallest absolute Gasteiger partial charge is 0.120 e. The standard InChI is InChI=1S/C9H11Cl2NO.ClH/c10-8-3-2-7(6-9(8)11)13-5-1-4-12;/h2-3,6H,1,4-5,12H2;1H. The second-order valence-corrected chi connectivity index (χ2v) is 3.38. The molecule has 0 unspecified atom stereocenters. The Morgan fingerprint density at radius 3 is 2.50 bits per heavy atom. The summed E-state index contributed by atoms with van der Waals surface area (Å²) in [5.41, 5.74) is 5.32. The third kappa shape index (κ3) is 4.38. The summed E-state index contributed by atoms with van der Waals surface area (Å²) in [6.45, 7) is 1.23. The van der Waals surface area contributed by atoms with Crippen molar-refractivity contribution in [3.63, 3.8) is 0 Å². The Labute approximate surface area is 99.7 Å². The van der Waals surface area contributed by atoms with Gasteiger partial charge >= 0.3 is 0 Å². The molecule has 0 aliphatic heterocycles. The van der Waals surface area contributed by atoms with Gasteiger partial charge in [0.15, 0.2) is 0 Å². The van der Waals surface area contributed by atoms with Crippen LogP contribution in [-0.2, 0) is 0 Å². The molecule has 0 aliphatic carbocycles. The first kappa shape index (κ1) is 13.8. The number of benzene rings is 1. The predicted octanol–water partition coefficient (Wildman–Crippen LogP) is 3.14. The number of halogens is 3. The number of rotatable bonds is 4. The summed E-state index contributed by atoms with van der Waals surface area (Å²) < 4.78 is 5.36. The molecular weight excluding hydrogens is 244 g/mol. The number of ether oxygens (including phenoxy) is 1. The molecule has 1 aromatic carbocycles. The Morgan fingerprint density at radius 1 is 1.21 bits per heavy atom. The van der Waals surface area contributed by atoms with Gasteiger partial charge in [0, 0.05) is 6.07 Å². The summed E-state index contributed by atoms with van der Waals surface area (Å²) in [5, 5.41) is 1.04. The van der Waals surface area contributed by atoms with E-state index >= 15 is 0 Å². The van der Waals surface area contributed by atoms with Crippen LogP contribution in [0.15, 0.2) is 18.2 Å². The molecule has 0 radical (unpaired) electrons. The van der Waals surface area contributed by atoms with Crippen molar-refractivity contribution >= 4 is 35.6 Å². The van der Waals surface area contributed by atoms with Gasteiger partial charge in [-0.2, -0.15) is 0 Å². The van der Waals surface area contributed by atoms with Crippen LogP contribution in [0.5, 0.6) is 5.75 Å². The third-order valence-corrected chi connectivity index (χ3v) is 2.25. The minimum absolute atomic E-state index is 0. The van der Waals surface area contributed by atoms with Gasteiger partial charge in [-0.1, -0.05) is 23.2 Å². The van der Waals surface area contributed by atoms with Crippen LogP contribution in [0, 0.1) is 0 Å². The quantitative estimate of drug-likeness (QED) is 0.840. The second kappa shape index (κ2) is 7.18. The van der Waals surface area contributed by atoms with Gasteiger partial charge in [-0.3, -0.25) is 0 Å². The maximum atomic E-state index is 5.79. The fourth-order valence-electron chi connectivity index (χ4n) is 0.840. The summed E-state index contributed by atoms with van der Waals surface area (Å²) in [5.74, 6) is 0.725. The van der Waals surface area contributed by atoms with Gasteiger partial charge < -0.3 is 10.5 Å². The number of nitrogens with two attached hydrogens (primary N) is 1. The monoisotopic (exact) mass is 255 g/mol. The lowest BCUT2D eigenvalue weighted by Gasteiger charge is -2.05. The first-order chi connectivity index (χ1) is 6.24. The molecule has 1 aromatic rings. The maximum Gasteiger partial charge on any atom is 0.120 e. The van der Waals surface area contributed by atoms with Crippen molar-refractivity contribution in [2.75, 3.05) is 13.2 Å². The van der Waals surface area contributed by atoms with Crippen molar-refractivity contribution in [1.29, 1.82) is 0 Å². The molecule has 80 valence electrons. The Hall–Kier alpha value is -0.150. The van der Waals surface area contributed by atoms with Gasteiger partial charge in [0.1, 0.15) is 5.75 Å². The molecule has 0 bridgehead atoms. The number of hydrogen-bond donors (Lipinski definition) is 1. The lowest BCUT2D eigenvalue weighted by atomic mass is 10.3. The van der Waals surface area contributed by atoms with E-state index in [1.165, 1.54) is 0 Å². The summed E-state index contributed by atoms with van der Waals surface area (Å²) in [6.07, 6.45) is 0.834. The van der Waals surface area contributed by atoms with Crippen molar-refractivity contribution in [2.24, 2.45) is 5.73 Å². The Morgan fingerprint density at radius 2 is 1.93 bits per heavy atom. The fourth-order valence-corrected chi connectivity index (χ4v) is 1.13. The highest BCUT2D eigenvalue weighted by Crippen LogP contribution is 2.26. The molecule has 0 amide bonds. The molecule has 14 heavy (non-hydrogen) atoms. The molecule has 0 saturated heterocycles. The summed E-state index contributed by atoms with van der Waals surface area (Å²) in [6, 6.07) is 5.19. The molecule has 2 nitrogen and oxygen atoms in total. The van der Waals surface area contributed by atoms with Gasteiger partial charge in [-0.05, 0) is 25.1 Å². The molecule has 1 rings (SSSR count). The van der Waals surface area contributed by atoms with Crippen LogP contribution in [0.25, 0.3) is 0 Å². The summed E-state index contributed by atoms with van der Waals surface area (Å²) >= 11 is 11.5. The Balaban J connectivity index is 0.00000169. The van der Waals surface area contributed by atoms with Crippen molar-refractivity contribution < 1.29 is 4.74 Å². The molecule has 0 spiro atoms. The van der Waals surface area contributed by atoms with E-state index in [9.17, 15) is 0 Å². The molecule has 0 fully saturated rings. The van der Waals surface area contributed by atoms with Gasteiger partial charge in [0.25, 0.3) is 0 Å². The number of hydrogen-bond acceptors (Lipinski definition) is 2. The van der Waals surface area contributed by atoms with Crippen LogP contribution in [0.3, 0.4) is 0 Å². The minimum Gasteiger partial charge on any atom is -0.493 e. The first-order valence-electron chi connectivity index (χ1n) is 4.02. The molecule has 2 N–H and O–H groups in total. The fraction of sp³-hybridized carbons (Fsp3) is 0.333. The first-order valence-corrected chi connectivity index (χ1v) is 4.77. The van der Waals surface area contributed by atoms with E-state index in [1.807, 2.05) is 0 Å². The van der Waals surface area contributed by atoms with E-state index in [0.29, 0.717) is 23.2 Å². The molecule has 0 saturated carbocycles. The zero-order valence-corrected chi connectivity index (χ0v) is 9.83. The van der Waals surface area contributed by atoms with Gasteiger partial charge in [-0.25, -0.2) is 0 Å². The molecule has 0 atom stereocenters. The lowest BCUT2D eigenvalue weighted by molar-refractivity contribution is 0.313. The van der Waals surface area contributed by atoms with Crippen molar-refractivity contribution in [3.8, 4) is 5.75 Å². The van der Waals surface area contributed by atoms with E-state index in [4.69, 9.17) is 33.7 Å². The van der Waals surface area contributed by atoms with Crippen LogP contribution in [-0.4, -0.2) is 13.2 Å². The molecule has 0 aliphatic rings. The lowest BCUT2D eigenvalue weighted by Crippen LogP contribution is -2.05. The average Bonchev–Trinajstić information content (AvgIpc) is 2.12. The third-order valence-electron chi connectivity index (χ3n) is 1.51. The van der Waals surface area contributed by atoms with Gasteiger partial charge in [-0.15, -0.1) is 12.4 Å². The average molecular weight is 257 g/mol. The van der Waals surface area contributed by atoms with Gasteiger partial charge in [0.05, 0.1) is 16.7 Å². The van der Waals surface area contributed by atoms with Crippen LogP contribution in [0.1, 0.15) is 6.42 Å². The SMILES string of the molecule is Cl.NCCCOc1ccc(Cl)c(Cl)c1. The molecular formula is C9H12Cl3NO. The van der Waals surface area contributed by atoms with E-state index in [0.717, 1.165) is 12.2 Å². The Kier molecular flexibility index (Phi) is 7.11. The second-order valence-electron chi connectivity index (χ2n) is 2.57. The minimum atomic E-state index is 0. The molecule has 5 heteroatoms. The van der Waals surface area contributed by atoms with Crippen LogP contribution < -0.4 is 10.5 Å². The highest BCUT2D eigenvalue weighted by atomic mass is 35.5. The van der Waals surface area contributed by atoms with E-state index in [2.05, 4.69) is 0 Å². The van der Waals surface area contributed by atoms with Gasteiger partial charge in [0.2, 0.25) is 0 Å². The van der Waals surface area contributed by atoms with E-state index in [-0.39, 0.29) is 12.4 Å². The van der Waals surface area contributed by atoms with E-state index in [1.54, 1.807) is 18.2 Å². The summed E-state index contributed by atoms with van der Waals surface area (Å²) in [7, 11) is 0. The Bertz CT molecular complexity index is 281. The largest absolute Gasteiger partial charge is 0.493 e. The van der Waals surface area contributed by atoms with Crippen LogP contribution in [0.4, 0.5) is 0 Å². The highest BCUT2D eigenvalue weighted by molar-refractivity contribution is 6.42. The zero-order valence-electron chi connectivity index (χ0n) is 7.50. The van der Waals surface area contributed by atoms with Crippen molar-refractivity contribution in [2.45, 2.75) is 6.42 Å². The predicted molar refractivity (Wildman–Crippen MR) is 62.9 cm³/mol. The van der Waals surface area contributed by atoms with Crippen molar-refractivity contribution in [3.05, 3.63) is 28.2 Å². The highest BCUT2D eigenvalue weighted by Gasteiger charge is 1.99.